The van der Waals surface area contributed by atoms with Crippen LogP contribution in [0.15, 0.2) is 30.3 Å². The maximum atomic E-state index is 14.1. The molecular weight excluding hydrogens is 602 g/mol. The van der Waals surface area contributed by atoms with Gasteiger partial charge in [-0.1, -0.05) is 78.3 Å². The van der Waals surface area contributed by atoms with E-state index in [0.717, 1.165) is 5.56 Å². The molecule has 1 aromatic rings. The molecule has 1 aliphatic carbocycles. The summed E-state index contributed by atoms with van der Waals surface area (Å²) in [7, 11) is 0. The summed E-state index contributed by atoms with van der Waals surface area (Å²) in [5.41, 5.74) is -0.791. The number of Topliss-reactive ketones (excluding diaryl/α,β-unsaturated/α-hetero) is 1. The average molecular weight is 656 g/mol. The Morgan fingerprint density at radius 3 is 2.13 bits per heavy atom. The van der Waals surface area contributed by atoms with Gasteiger partial charge in [0.15, 0.2) is 0 Å². The number of ketones is 1. The summed E-state index contributed by atoms with van der Waals surface area (Å²) in [6.45, 7) is 18.3. The number of benzene rings is 1. The Balaban J connectivity index is 1.71. The van der Waals surface area contributed by atoms with Crippen molar-refractivity contribution < 1.29 is 33.5 Å². The van der Waals surface area contributed by atoms with E-state index in [-0.39, 0.29) is 29.7 Å². The van der Waals surface area contributed by atoms with Crippen molar-refractivity contribution in [3.8, 4) is 0 Å². The highest BCUT2D eigenvalue weighted by molar-refractivity contribution is 6.38. The van der Waals surface area contributed by atoms with Gasteiger partial charge in [0.2, 0.25) is 23.5 Å². The highest BCUT2D eigenvalue weighted by Crippen LogP contribution is 2.65. The molecule has 0 aromatic heterocycles. The molecule has 1 saturated carbocycles. The molecule has 0 spiro atoms. The summed E-state index contributed by atoms with van der Waals surface area (Å²) in [4.78, 5) is 80.8. The molecule has 12 heteroatoms. The Kier molecular flexibility index (Phi) is 11.5. The predicted octanol–water partition coefficient (Wildman–Crippen LogP) is 3.26. The molecule has 2 aliphatic rings. The number of nitrogens with one attached hydrogen (secondary N) is 4. The summed E-state index contributed by atoms with van der Waals surface area (Å²) in [5.74, 6) is -3.36. The fourth-order valence-electron chi connectivity index (χ4n) is 6.39. The van der Waals surface area contributed by atoms with E-state index in [1.807, 2.05) is 78.8 Å². The molecule has 47 heavy (non-hydrogen) atoms. The number of carbonyl (C=O) groups excluding carboxylic acids is 6. The zero-order valence-corrected chi connectivity index (χ0v) is 29.5. The average Bonchev–Trinajstić information content (AvgIpc) is 3.27. The predicted molar refractivity (Wildman–Crippen MR) is 177 cm³/mol. The summed E-state index contributed by atoms with van der Waals surface area (Å²) in [6, 6.07) is 6.00. The molecule has 0 bridgehead atoms. The monoisotopic (exact) mass is 655 g/mol. The van der Waals surface area contributed by atoms with Crippen molar-refractivity contribution in [2.45, 2.75) is 112 Å². The van der Waals surface area contributed by atoms with Gasteiger partial charge in [-0.3, -0.25) is 24.0 Å². The van der Waals surface area contributed by atoms with Crippen LogP contribution in [-0.4, -0.2) is 77.2 Å². The number of alkyl carbamates (subject to hydrolysis) is 1. The van der Waals surface area contributed by atoms with Crippen LogP contribution >= 0.6 is 0 Å². The third kappa shape index (κ3) is 9.32. The zero-order chi connectivity index (χ0) is 35.5. The Morgan fingerprint density at radius 2 is 1.57 bits per heavy atom. The maximum Gasteiger partial charge on any atom is 0.408 e. The number of piperidine rings is 1. The van der Waals surface area contributed by atoms with E-state index >= 15 is 0 Å². The molecule has 2 fully saturated rings. The minimum absolute atomic E-state index is 0.0600. The van der Waals surface area contributed by atoms with Crippen molar-refractivity contribution in [2.75, 3.05) is 13.1 Å². The highest BCUT2D eigenvalue weighted by atomic mass is 16.6. The second kappa shape index (κ2) is 14.4. The number of hydrogen-bond acceptors (Lipinski definition) is 7. The lowest BCUT2D eigenvalue weighted by molar-refractivity contribution is -0.145. The number of ether oxygens (including phenoxy) is 1. The summed E-state index contributed by atoms with van der Waals surface area (Å²) >= 11 is 0. The first-order valence-corrected chi connectivity index (χ1v) is 16.5. The molecule has 5 amide bonds. The normalized spacial score (nSPS) is 21.7. The second-order valence-corrected chi connectivity index (χ2v) is 15.4. The second-order valence-electron chi connectivity index (χ2n) is 15.4. The van der Waals surface area contributed by atoms with Gasteiger partial charge in [0.05, 0.1) is 18.6 Å². The Labute approximate surface area is 278 Å². The highest BCUT2D eigenvalue weighted by Gasteiger charge is 2.70. The molecule has 1 aromatic carbocycles. The lowest BCUT2D eigenvalue weighted by Crippen LogP contribution is -2.60. The standard InChI is InChI=1S/C35H53N5O7/c1-11-15-23(27(42)30(44)36-18-24(41)37-20(2)21-16-13-12-14-17-21)38-29(43)26-25-22(35(25,9)10)19-40(26)31(45)28(33(3,4)5)39-32(46)47-34(6,7)8/h12-14,16-17,20,22-23,25-26,28H,11,15,18-19H2,1-10H3,(H,36,44)(H,37,41)(H,38,43)(H,39,46)/t20-,22-,23?,25-,26-,28+/m0/s1. The van der Waals surface area contributed by atoms with E-state index in [1.165, 1.54) is 4.90 Å². The molecule has 6 atom stereocenters. The van der Waals surface area contributed by atoms with Crippen molar-refractivity contribution in [1.29, 1.82) is 0 Å². The van der Waals surface area contributed by atoms with E-state index in [0.29, 0.717) is 13.0 Å². The van der Waals surface area contributed by atoms with Gasteiger partial charge in [-0.2, -0.15) is 0 Å². The van der Waals surface area contributed by atoms with E-state index < -0.39 is 71.2 Å². The maximum absolute atomic E-state index is 14.1. The van der Waals surface area contributed by atoms with E-state index in [9.17, 15) is 28.8 Å². The SMILES string of the molecule is CCCC(NC(=O)[C@@H]1[C@@H]2[C@H](CN1C(=O)[C@@H](NC(=O)OC(C)(C)C)C(C)(C)C)C2(C)C)C(=O)C(=O)NCC(=O)N[C@@H](C)c1ccccc1. The number of likely N-dealkylation sites (tertiary alicyclic amines) is 1. The largest absolute Gasteiger partial charge is 0.444 e. The third-order valence-electron chi connectivity index (χ3n) is 9.05. The molecule has 12 nitrogen and oxygen atoms in total. The van der Waals surface area contributed by atoms with Gasteiger partial charge in [-0.15, -0.1) is 0 Å². The van der Waals surface area contributed by atoms with Crippen LogP contribution in [0.2, 0.25) is 0 Å². The van der Waals surface area contributed by atoms with Crippen molar-refractivity contribution in [1.82, 2.24) is 26.2 Å². The molecule has 1 aliphatic heterocycles. The van der Waals surface area contributed by atoms with Crippen LogP contribution in [0.25, 0.3) is 0 Å². The van der Waals surface area contributed by atoms with Gasteiger partial charge in [-0.25, -0.2) is 4.79 Å². The van der Waals surface area contributed by atoms with Crippen molar-refractivity contribution in [3.63, 3.8) is 0 Å². The van der Waals surface area contributed by atoms with Crippen molar-refractivity contribution >= 4 is 35.5 Å². The number of nitrogens with zero attached hydrogens (tertiary/aromatic N) is 1. The van der Waals surface area contributed by atoms with Gasteiger partial charge in [0.1, 0.15) is 17.7 Å². The van der Waals surface area contributed by atoms with Crippen LogP contribution in [-0.2, 0) is 28.7 Å². The first kappa shape index (κ1) is 37.5. The number of amides is 5. The van der Waals surface area contributed by atoms with Gasteiger partial charge in [0.25, 0.3) is 5.91 Å². The molecular formula is C35H53N5O7. The minimum Gasteiger partial charge on any atom is -0.444 e. The number of carbonyl (C=O) groups is 6. The van der Waals surface area contributed by atoms with E-state index in [1.54, 1.807) is 20.8 Å². The fourth-order valence-corrected chi connectivity index (χ4v) is 6.39. The molecule has 3 rings (SSSR count). The van der Waals surface area contributed by atoms with E-state index in [2.05, 4.69) is 21.3 Å². The molecule has 0 radical (unpaired) electrons. The topological polar surface area (TPSA) is 163 Å². The molecule has 1 unspecified atom stereocenters. The fraction of sp³-hybridized carbons (Fsp3) is 0.657. The van der Waals surface area contributed by atoms with Crippen LogP contribution in [0.3, 0.4) is 0 Å². The van der Waals surface area contributed by atoms with Gasteiger partial charge < -0.3 is 30.9 Å². The first-order valence-electron chi connectivity index (χ1n) is 16.5. The van der Waals surface area contributed by atoms with Gasteiger partial charge in [0, 0.05) is 6.54 Å². The summed E-state index contributed by atoms with van der Waals surface area (Å²) < 4.78 is 5.41. The Hall–Kier alpha value is -3.96. The molecule has 4 N–H and O–H groups in total. The Morgan fingerprint density at radius 1 is 0.957 bits per heavy atom. The van der Waals surface area contributed by atoms with Gasteiger partial charge >= 0.3 is 6.09 Å². The van der Waals surface area contributed by atoms with Crippen LogP contribution in [0.1, 0.15) is 93.7 Å². The third-order valence-corrected chi connectivity index (χ3v) is 9.05. The lowest BCUT2D eigenvalue weighted by atomic mass is 9.85. The number of hydrogen-bond donors (Lipinski definition) is 4. The van der Waals surface area contributed by atoms with Crippen LogP contribution in [0, 0.1) is 22.7 Å². The molecule has 1 heterocycles. The van der Waals surface area contributed by atoms with Crippen LogP contribution in [0.5, 0.6) is 0 Å². The smallest absolute Gasteiger partial charge is 0.408 e. The first-order chi connectivity index (χ1) is 21.7. The minimum atomic E-state index is -1.14. The quantitative estimate of drug-likeness (QED) is 0.251. The van der Waals surface area contributed by atoms with Crippen molar-refractivity contribution in [3.05, 3.63) is 35.9 Å². The van der Waals surface area contributed by atoms with E-state index in [4.69, 9.17) is 4.74 Å². The zero-order valence-electron chi connectivity index (χ0n) is 29.5. The van der Waals surface area contributed by atoms with Crippen LogP contribution < -0.4 is 21.3 Å². The lowest BCUT2D eigenvalue weighted by Gasteiger charge is -2.38. The number of fused-ring (bicyclic) bond motifs is 1. The molecule has 1 saturated heterocycles. The molecule has 260 valence electrons. The summed E-state index contributed by atoms with van der Waals surface area (Å²) in [6.07, 6.45) is -0.0483. The van der Waals surface area contributed by atoms with Crippen molar-refractivity contribution in [2.24, 2.45) is 22.7 Å². The number of rotatable bonds is 12. The Bertz CT molecular complexity index is 1350. The van der Waals surface area contributed by atoms with Gasteiger partial charge in [-0.05, 0) is 62.3 Å². The van der Waals surface area contributed by atoms with Crippen LogP contribution in [0.4, 0.5) is 4.79 Å². The summed E-state index contributed by atoms with van der Waals surface area (Å²) in [5, 5.41) is 10.6.